The first-order chi connectivity index (χ1) is 5.73. The fourth-order valence-corrected chi connectivity index (χ4v) is 0. The van der Waals surface area contributed by atoms with Crippen molar-refractivity contribution in [2.24, 2.45) is 0 Å². The summed E-state index contributed by atoms with van der Waals surface area (Å²) in [7, 11) is -9.31. The molecule has 17 nitrogen and oxygen atoms in total. The van der Waals surface area contributed by atoms with Crippen LogP contribution in [0.4, 0.5) is 0 Å². The Morgan fingerprint density at radius 2 is 0.895 bits per heavy atom. The quantitative estimate of drug-likeness (QED) is 0.107. The van der Waals surface area contributed by atoms with Crippen LogP contribution in [0.1, 0.15) is 0 Å². The van der Waals surface area contributed by atoms with Crippen LogP contribution in [-0.2, 0) is 15.0 Å². The number of hydrogen-bond acceptors (Lipinski definition) is 10. The van der Waals surface area contributed by atoms with Gasteiger partial charge in [0.2, 0.25) is 0 Å². The molecule has 0 atom stereocenters. The molecule has 0 saturated carbocycles. The second kappa shape index (κ2) is 22.2. The minimum absolute atomic E-state index is 0. The Morgan fingerprint density at radius 3 is 0.895 bits per heavy atom. The standard InChI is InChI=1S/HNO3.5H3N.H3O4P.H2O4S/c2-1(3)4;;;;;;2*1-5(2,3)4/h(H,2,3,4);5*1H3;(H3,1,2,3,4);(H2,1,2,3,4). The molecule has 0 bridgehead atoms. The van der Waals surface area contributed by atoms with Gasteiger partial charge in [-0.1, -0.05) is 0 Å². The summed E-state index contributed by atoms with van der Waals surface area (Å²) in [6, 6.07) is 0. The highest BCUT2D eigenvalue weighted by Crippen LogP contribution is 2.25. The van der Waals surface area contributed by atoms with Gasteiger partial charge in [-0.05, 0) is 0 Å². The summed E-state index contributed by atoms with van der Waals surface area (Å²) in [5, 5.41) is 13.6. The third-order valence-corrected chi connectivity index (χ3v) is 0. The van der Waals surface area contributed by atoms with Crippen LogP contribution in [0.5, 0.6) is 0 Å². The highest BCUT2D eigenvalue weighted by atomic mass is 32.3. The molecule has 0 aromatic heterocycles. The molecule has 0 spiro atoms. The van der Waals surface area contributed by atoms with Gasteiger partial charge in [0.1, 0.15) is 0 Å². The zero-order valence-corrected chi connectivity index (χ0v) is 11.3. The van der Waals surface area contributed by atoms with E-state index in [2.05, 4.69) is 0 Å². The molecule has 21 N–H and O–H groups in total. The van der Waals surface area contributed by atoms with Gasteiger partial charge in [-0.2, -0.15) is 8.42 Å². The van der Waals surface area contributed by atoms with Crippen LogP contribution in [0, 0.1) is 10.1 Å². The van der Waals surface area contributed by atoms with E-state index in [1.165, 1.54) is 0 Å². The molecule has 0 fully saturated rings. The largest absolute Gasteiger partial charge is 0.466 e. The zero-order chi connectivity index (χ0) is 12.6. The van der Waals surface area contributed by atoms with Crippen molar-refractivity contribution in [3.8, 4) is 0 Å². The van der Waals surface area contributed by atoms with Crippen LogP contribution in [-0.4, -0.2) is 42.5 Å². The smallest absolute Gasteiger partial charge is 0.344 e. The van der Waals surface area contributed by atoms with E-state index in [-0.39, 0.29) is 30.8 Å². The highest BCUT2D eigenvalue weighted by Gasteiger charge is 2.00. The molecule has 0 aromatic carbocycles. The van der Waals surface area contributed by atoms with Crippen molar-refractivity contribution < 1.29 is 47.1 Å². The topological polar surface area (TPSA) is 391 Å². The summed E-state index contributed by atoms with van der Waals surface area (Å²) in [5.41, 5.74) is 0. The van der Waals surface area contributed by atoms with Crippen LogP contribution < -0.4 is 30.8 Å². The summed E-state index contributed by atoms with van der Waals surface area (Å²) >= 11 is 0. The minimum Gasteiger partial charge on any atom is -0.344 e. The maximum Gasteiger partial charge on any atom is 0.466 e. The third kappa shape index (κ3) is 3660. The van der Waals surface area contributed by atoms with Gasteiger partial charge in [-0.15, -0.1) is 10.1 Å². The predicted octanol–water partition coefficient (Wildman–Crippen LogP) is -1.12. The van der Waals surface area contributed by atoms with Crippen molar-refractivity contribution >= 4 is 18.2 Å². The molecule has 19 heavy (non-hydrogen) atoms. The molecule has 0 aliphatic rings. The first-order valence-corrected chi connectivity index (χ1v) is 5.01. The number of rotatable bonds is 0. The van der Waals surface area contributed by atoms with E-state index >= 15 is 0 Å². The summed E-state index contributed by atoms with van der Waals surface area (Å²) < 4.78 is 40.5. The molecule has 0 radical (unpaired) electrons. The normalized spacial score (nSPS) is 7.42. The van der Waals surface area contributed by atoms with Crippen LogP contribution in [0.2, 0.25) is 0 Å². The first-order valence-electron chi connectivity index (χ1n) is 2.05. The molecule has 0 unspecified atom stereocenters. The van der Waals surface area contributed by atoms with Gasteiger partial charge in [-0.25, -0.2) is 4.57 Å². The van der Waals surface area contributed by atoms with E-state index in [0.717, 1.165) is 0 Å². The predicted molar refractivity (Wildman–Crippen MR) is 62.3 cm³/mol. The van der Waals surface area contributed by atoms with Crippen molar-refractivity contribution in [2.75, 3.05) is 0 Å². The summed E-state index contributed by atoms with van der Waals surface area (Å²) in [4.78, 5) is 29.9. The molecule has 0 rings (SSSR count). The van der Waals surface area contributed by atoms with Crippen molar-refractivity contribution in [3.63, 3.8) is 0 Å². The molecular formula is H21N6O11PS. The molecule has 0 amide bonds. The van der Waals surface area contributed by atoms with Crippen molar-refractivity contribution in [1.82, 2.24) is 30.8 Å². The van der Waals surface area contributed by atoms with E-state index < -0.39 is 23.3 Å². The lowest BCUT2D eigenvalue weighted by Crippen LogP contribution is -1.89. The Kier molecular flexibility index (Phi) is 60.8. The molecular weight excluding hydrogens is 323 g/mol. The average Bonchev–Trinajstić information content (AvgIpc) is 1.45. The number of phosphoric acid groups is 1. The summed E-state index contributed by atoms with van der Waals surface area (Å²) in [6.45, 7) is 0. The van der Waals surface area contributed by atoms with E-state index in [9.17, 15) is 0 Å². The lowest BCUT2D eigenvalue weighted by Gasteiger charge is -1.82. The van der Waals surface area contributed by atoms with Crippen LogP contribution in [0.3, 0.4) is 0 Å². The van der Waals surface area contributed by atoms with Gasteiger partial charge in [0.05, 0.1) is 0 Å². The summed E-state index contributed by atoms with van der Waals surface area (Å²) in [6.07, 6.45) is 0. The zero-order valence-electron chi connectivity index (χ0n) is 9.56. The Balaban J connectivity index is -0.0000000141. The molecule has 19 heteroatoms. The molecule has 0 saturated heterocycles. The Hall–Kier alpha value is -1.02. The Labute approximate surface area is 107 Å². The Morgan fingerprint density at radius 1 is 0.895 bits per heavy atom. The van der Waals surface area contributed by atoms with E-state index in [4.69, 9.17) is 52.1 Å². The van der Waals surface area contributed by atoms with E-state index in [1.54, 1.807) is 0 Å². The molecule has 0 heterocycles. The second-order valence-electron chi connectivity index (χ2n) is 1.20. The van der Waals surface area contributed by atoms with Crippen molar-refractivity contribution in [2.45, 2.75) is 0 Å². The average molecular weight is 344 g/mol. The lowest BCUT2D eigenvalue weighted by molar-refractivity contribution is -0.742. The van der Waals surface area contributed by atoms with E-state index in [0.29, 0.717) is 0 Å². The van der Waals surface area contributed by atoms with Gasteiger partial charge in [0.25, 0.3) is 5.09 Å². The third-order valence-electron chi connectivity index (χ3n) is 0. The van der Waals surface area contributed by atoms with Crippen molar-refractivity contribution in [3.05, 3.63) is 10.1 Å². The van der Waals surface area contributed by atoms with Gasteiger partial charge >= 0.3 is 18.2 Å². The molecule has 0 aliphatic heterocycles. The lowest BCUT2D eigenvalue weighted by atomic mass is 13.1. The van der Waals surface area contributed by atoms with Crippen LogP contribution in [0.25, 0.3) is 0 Å². The monoisotopic (exact) mass is 344 g/mol. The number of nitrogens with zero attached hydrogens (tertiary/aromatic N) is 1. The SMILES string of the molecule is N.N.N.N.N.O=P(O)(O)O.O=S(=O)(O)O.O=[N+]([O-])O. The fraction of sp³-hybridized carbons (Fsp3) is 0. The minimum atomic E-state index is -4.67. The molecule has 0 aliphatic carbocycles. The van der Waals surface area contributed by atoms with Crippen molar-refractivity contribution in [1.29, 1.82) is 0 Å². The summed E-state index contributed by atoms with van der Waals surface area (Å²) in [5.74, 6) is 0. The highest BCUT2D eigenvalue weighted by molar-refractivity contribution is 7.79. The van der Waals surface area contributed by atoms with Crippen LogP contribution in [0.15, 0.2) is 0 Å². The first kappa shape index (κ1) is 52.0. The molecule has 0 aromatic rings. The van der Waals surface area contributed by atoms with Gasteiger partial charge in [-0.3, -0.25) is 9.11 Å². The second-order valence-corrected chi connectivity index (χ2v) is 3.12. The van der Waals surface area contributed by atoms with Gasteiger partial charge < -0.3 is 50.6 Å². The maximum absolute atomic E-state index is 8.88. The Bertz CT molecular complexity index is 272. The maximum atomic E-state index is 8.88. The fourth-order valence-electron chi connectivity index (χ4n) is 0. The van der Waals surface area contributed by atoms with Gasteiger partial charge in [0.15, 0.2) is 0 Å². The van der Waals surface area contributed by atoms with E-state index in [1.807, 2.05) is 0 Å². The molecule has 128 valence electrons. The van der Waals surface area contributed by atoms with Crippen LogP contribution >= 0.6 is 7.82 Å². The number of hydrogen-bond donors (Lipinski definition) is 11. The van der Waals surface area contributed by atoms with Gasteiger partial charge in [0, 0.05) is 0 Å².